The molecule has 0 heterocycles. The van der Waals surface area contributed by atoms with Gasteiger partial charge in [0, 0.05) is 12.7 Å². The second-order valence-electron chi connectivity index (χ2n) is 5.83. The molecule has 1 aromatic carbocycles. The summed E-state index contributed by atoms with van der Waals surface area (Å²) in [7, 11) is 1.77. The Kier molecular flexibility index (Phi) is 3.61. The quantitative estimate of drug-likeness (QED) is 0.760. The molecule has 0 radical (unpaired) electrons. The predicted molar refractivity (Wildman–Crippen MR) is 81.1 cm³/mol. The highest BCUT2D eigenvalue weighted by Crippen LogP contribution is 2.64. The Balaban J connectivity index is 2.23. The lowest BCUT2D eigenvalue weighted by atomic mass is 10.0. The first-order valence-corrected chi connectivity index (χ1v) is 7.20. The number of benzene rings is 1. The van der Waals surface area contributed by atoms with Crippen molar-refractivity contribution in [3.05, 3.63) is 29.8 Å². The molecule has 1 amide bonds. The first-order chi connectivity index (χ1) is 8.69. The van der Waals surface area contributed by atoms with E-state index in [-0.39, 0.29) is 5.91 Å². The third-order valence-corrected chi connectivity index (χ3v) is 5.06. The summed E-state index contributed by atoms with van der Waals surface area (Å²) >= 11 is 12.1. The molecule has 1 unspecified atom stereocenters. The maximum Gasteiger partial charge on any atom is 0.235 e. The molecule has 2 nitrogen and oxygen atoms in total. The zero-order valence-corrected chi connectivity index (χ0v) is 13.2. The highest BCUT2D eigenvalue weighted by Gasteiger charge is 2.68. The Labute approximate surface area is 124 Å². The van der Waals surface area contributed by atoms with Gasteiger partial charge in [-0.25, -0.2) is 0 Å². The van der Waals surface area contributed by atoms with E-state index in [1.807, 2.05) is 25.1 Å². The zero-order valence-electron chi connectivity index (χ0n) is 11.7. The number of anilines is 1. The monoisotopic (exact) mass is 299 g/mol. The average Bonchev–Trinajstić information content (AvgIpc) is 2.88. The van der Waals surface area contributed by atoms with E-state index < -0.39 is 9.75 Å². The fourth-order valence-corrected chi connectivity index (χ4v) is 2.91. The lowest BCUT2D eigenvalue weighted by Gasteiger charge is -2.23. The summed E-state index contributed by atoms with van der Waals surface area (Å²) in [6.07, 6.45) is 0.510. The van der Waals surface area contributed by atoms with Crippen molar-refractivity contribution in [1.82, 2.24) is 0 Å². The van der Waals surface area contributed by atoms with Gasteiger partial charge in [0.25, 0.3) is 0 Å². The third-order valence-electron chi connectivity index (χ3n) is 3.96. The molecule has 2 rings (SSSR count). The molecule has 0 aromatic heterocycles. The summed E-state index contributed by atoms with van der Waals surface area (Å²) in [6, 6.07) is 8.01. The van der Waals surface area contributed by atoms with Crippen LogP contribution in [-0.4, -0.2) is 17.3 Å². The molecular formula is C15H19Cl2NO. The minimum Gasteiger partial charge on any atom is -0.315 e. The standard InChI is InChI=1S/C15H19Cl2NO/c1-10(2)11-6-5-7-12(8-11)18(4)13(19)14(3)9-15(14,16)17/h5-8,10H,9H2,1-4H3. The van der Waals surface area contributed by atoms with Crippen molar-refractivity contribution in [2.75, 3.05) is 11.9 Å². The van der Waals surface area contributed by atoms with Gasteiger partial charge >= 0.3 is 0 Å². The summed E-state index contributed by atoms with van der Waals surface area (Å²) < 4.78 is -0.923. The molecular weight excluding hydrogens is 281 g/mol. The number of carbonyl (C=O) groups excluding carboxylic acids is 1. The highest BCUT2D eigenvalue weighted by molar-refractivity contribution is 6.53. The third kappa shape index (κ3) is 2.48. The molecule has 1 aliphatic carbocycles. The molecule has 1 aliphatic rings. The number of alkyl halides is 2. The maximum atomic E-state index is 12.5. The fraction of sp³-hybridized carbons (Fsp3) is 0.533. The molecule has 0 bridgehead atoms. The van der Waals surface area contributed by atoms with Crippen molar-refractivity contribution in [3.63, 3.8) is 0 Å². The van der Waals surface area contributed by atoms with Crippen LogP contribution in [0.25, 0.3) is 0 Å². The number of halogens is 2. The lowest BCUT2D eigenvalue weighted by Crippen LogP contribution is -2.35. The molecule has 0 saturated heterocycles. The normalized spacial score (nSPS) is 24.4. The number of hydrogen-bond acceptors (Lipinski definition) is 1. The van der Waals surface area contributed by atoms with Gasteiger partial charge in [-0.3, -0.25) is 4.79 Å². The molecule has 19 heavy (non-hydrogen) atoms. The fourth-order valence-electron chi connectivity index (χ4n) is 2.21. The van der Waals surface area contributed by atoms with Gasteiger partial charge in [0.15, 0.2) is 0 Å². The Bertz CT molecular complexity index is 513. The van der Waals surface area contributed by atoms with E-state index in [2.05, 4.69) is 19.9 Å². The largest absolute Gasteiger partial charge is 0.315 e. The zero-order chi connectivity index (χ0) is 14.4. The van der Waals surface area contributed by atoms with Crippen molar-refractivity contribution in [3.8, 4) is 0 Å². The van der Waals surface area contributed by atoms with Crippen LogP contribution in [0.5, 0.6) is 0 Å². The van der Waals surface area contributed by atoms with Gasteiger partial charge in [-0.05, 0) is 37.0 Å². The van der Waals surface area contributed by atoms with Crippen LogP contribution in [0.3, 0.4) is 0 Å². The van der Waals surface area contributed by atoms with Crippen LogP contribution in [0.2, 0.25) is 0 Å². The minimum atomic E-state index is -0.923. The second-order valence-corrected chi connectivity index (χ2v) is 7.31. The number of hydrogen-bond donors (Lipinski definition) is 0. The molecule has 1 saturated carbocycles. The van der Waals surface area contributed by atoms with Gasteiger partial charge in [0.05, 0.1) is 5.41 Å². The molecule has 4 heteroatoms. The van der Waals surface area contributed by atoms with Gasteiger partial charge in [0.1, 0.15) is 4.33 Å². The first-order valence-electron chi connectivity index (χ1n) is 6.45. The van der Waals surface area contributed by atoms with E-state index in [4.69, 9.17) is 23.2 Å². The molecule has 1 fully saturated rings. The Morgan fingerprint density at radius 3 is 2.42 bits per heavy atom. The van der Waals surface area contributed by atoms with Crippen LogP contribution in [-0.2, 0) is 4.79 Å². The summed E-state index contributed by atoms with van der Waals surface area (Å²) in [5, 5.41) is 0. The van der Waals surface area contributed by atoms with Crippen LogP contribution in [0.1, 0.15) is 38.7 Å². The number of carbonyl (C=O) groups is 1. The van der Waals surface area contributed by atoms with Crippen molar-refractivity contribution < 1.29 is 4.79 Å². The molecule has 0 N–H and O–H groups in total. The Hall–Kier alpha value is -0.730. The van der Waals surface area contributed by atoms with Gasteiger partial charge in [-0.2, -0.15) is 0 Å². The van der Waals surface area contributed by atoms with E-state index in [1.54, 1.807) is 11.9 Å². The van der Waals surface area contributed by atoms with Gasteiger partial charge in [-0.1, -0.05) is 26.0 Å². The summed E-state index contributed by atoms with van der Waals surface area (Å²) in [6.45, 7) is 6.08. The first kappa shape index (κ1) is 14.7. The summed E-state index contributed by atoms with van der Waals surface area (Å²) in [5.41, 5.74) is 1.42. The van der Waals surface area contributed by atoms with E-state index in [9.17, 15) is 4.79 Å². The second kappa shape index (κ2) is 4.68. The smallest absolute Gasteiger partial charge is 0.235 e. The SMILES string of the molecule is CC(C)c1cccc(N(C)C(=O)C2(C)CC2(Cl)Cl)c1. The van der Waals surface area contributed by atoms with E-state index in [0.29, 0.717) is 12.3 Å². The summed E-state index contributed by atoms with van der Waals surface area (Å²) in [5.74, 6) is 0.401. The number of amides is 1. The molecule has 104 valence electrons. The predicted octanol–water partition coefficient (Wildman–Crippen LogP) is 4.36. The lowest BCUT2D eigenvalue weighted by molar-refractivity contribution is -0.122. The molecule has 0 aliphatic heterocycles. The van der Waals surface area contributed by atoms with E-state index in [1.165, 1.54) is 5.56 Å². The molecule has 0 spiro atoms. The van der Waals surface area contributed by atoms with Gasteiger partial charge < -0.3 is 4.90 Å². The van der Waals surface area contributed by atoms with Crippen LogP contribution in [0.4, 0.5) is 5.69 Å². The van der Waals surface area contributed by atoms with E-state index in [0.717, 1.165) is 5.69 Å². The highest BCUT2D eigenvalue weighted by atomic mass is 35.5. The maximum absolute atomic E-state index is 12.5. The Morgan fingerprint density at radius 2 is 1.95 bits per heavy atom. The number of nitrogens with zero attached hydrogens (tertiary/aromatic N) is 1. The van der Waals surface area contributed by atoms with Crippen LogP contribution < -0.4 is 4.90 Å². The minimum absolute atomic E-state index is 0.0293. The molecule has 1 atom stereocenters. The topological polar surface area (TPSA) is 20.3 Å². The summed E-state index contributed by atoms with van der Waals surface area (Å²) in [4.78, 5) is 14.1. The van der Waals surface area contributed by atoms with Gasteiger partial charge in [-0.15, -0.1) is 23.2 Å². The van der Waals surface area contributed by atoms with Crippen LogP contribution in [0, 0.1) is 5.41 Å². The molecule has 1 aromatic rings. The van der Waals surface area contributed by atoms with Crippen molar-refractivity contribution >= 4 is 34.8 Å². The number of rotatable bonds is 3. The van der Waals surface area contributed by atoms with E-state index >= 15 is 0 Å². The Morgan fingerprint density at radius 1 is 1.37 bits per heavy atom. The van der Waals surface area contributed by atoms with Crippen LogP contribution in [0.15, 0.2) is 24.3 Å². The van der Waals surface area contributed by atoms with Crippen LogP contribution >= 0.6 is 23.2 Å². The van der Waals surface area contributed by atoms with Gasteiger partial charge in [0.2, 0.25) is 5.91 Å². The van der Waals surface area contributed by atoms with Crippen molar-refractivity contribution in [1.29, 1.82) is 0 Å². The average molecular weight is 300 g/mol. The van der Waals surface area contributed by atoms with Crippen molar-refractivity contribution in [2.24, 2.45) is 5.41 Å². The van der Waals surface area contributed by atoms with Crippen molar-refractivity contribution in [2.45, 2.75) is 37.4 Å².